The fourth-order valence-electron chi connectivity index (χ4n) is 9.31. The van der Waals surface area contributed by atoms with Gasteiger partial charge in [-0.15, -0.1) is 0 Å². The molecule has 0 saturated heterocycles. The number of carbonyl (C=O) groups excluding carboxylic acids is 2. The van der Waals surface area contributed by atoms with Crippen LogP contribution in [0.1, 0.15) is 81.7 Å². The van der Waals surface area contributed by atoms with Crippen molar-refractivity contribution in [1.29, 1.82) is 0 Å². The number of hydrogen-bond donors (Lipinski definition) is 2. The summed E-state index contributed by atoms with van der Waals surface area (Å²) in [5.41, 5.74) is 3.64. The van der Waals surface area contributed by atoms with Crippen molar-refractivity contribution in [2.24, 2.45) is 29.1 Å². The molecule has 0 aliphatic heterocycles. The Labute approximate surface area is 230 Å². The van der Waals surface area contributed by atoms with Crippen LogP contribution in [0, 0.1) is 36.0 Å². The lowest BCUT2D eigenvalue weighted by molar-refractivity contribution is -0.139. The normalized spacial score (nSPS) is 31.9. The van der Waals surface area contributed by atoms with E-state index in [1.54, 1.807) is 11.2 Å². The van der Waals surface area contributed by atoms with E-state index in [0.717, 1.165) is 42.5 Å². The van der Waals surface area contributed by atoms with Gasteiger partial charge in [0.1, 0.15) is 12.3 Å². The molecule has 2 heterocycles. The van der Waals surface area contributed by atoms with Gasteiger partial charge in [-0.05, 0) is 104 Å². The molecule has 0 radical (unpaired) electrons. The minimum Gasteiger partial charge on any atom is -0.467 e. The monoisotopic (exact) mass is 527 g/mol. The molecule has 2 aromatic heterocycles. The topological polar surface area (TPSA) is 78.3 Å². The number of nitrogens with one attached hydrogen (secondary N) is 2. The van der Waals surface area contributed by atoms with Crippen molar-refractivity contribution in [2.75, 3.05) is 6.54 Å². The Kier molecular flexibility index (Phi) is 5.77. The smallest absolute Gasteiger partial charge is 0.240 e. The van der Waals surface area contributed by atoms with Crippen LogP contribution >= 0.6 is 0 Å². The van der Waals surface area contributed by atoms with Gasteiger partial charge in [-0.2, -0.15) is 0 Å². The number of H-pyrrole nitrogens is 1. The van der Waals surface area contributed by atoms with E-state index in [9.17, 15) is 9.59 Å². The van der Waals surface area contributed by atoms with Gasteiger partial charge in [0.15, 0.2) is 0 Å². The molecule has 4 bridgehead atoms. The van der Waals surface area contributed by atoms with Gasteiger partial charge >= 0.3 is 0 Å². The molecule has 5 saturated carbocycles. The van der Waals surface area contributed by atoms with Crippen molar-refractivity contribution < 1.29 is 14.0 Å². The van der Waals surface area contributed by atoms with E-state index < -0.39 is 0 Å². The van der Waals surface area contributed by atoms with Gasteiger partial charge < -0.3 is 19.6 Å². The molecule has 6 heteroatoms. The number of aromatic nitrogens is 1. The number of carbonyl (C=O) groups is 2. The number of para-hydroxylation sites is 1. The van der Waals surface area contributed by atoms with Crippen LogP contribution in [-0.2, 0) is 16.1 Å². The van der Waals surface area contributed by atoms with Crippen LogP contribution in [0.3, 0.4) is 0 Å². The molecule has 2 N–H and O–H groups in total. The summed E-state index contributed by atoms with van der Waals surface area (Å²) < 4.78 is 5.61. The van der Waals surface area contributed by atoms with Crippen molar-refractivity contribution >= 4 is 22.7 Å². The van der Waals surface area contributed by atoms with E-state index in [2.05, 4.69) is 55.3 Å². The summed E-state index contributed by atoms with van der Waals surface area (Å²) in [6.07, 6.45) is 9.41. The summed E-state index contributed by atoms with van der Waals surface area (Å²) in [5.74, 6) is 3.56. The quantitative estimate of drug-likeness (QED) is 0.360. The number of hydrogen-bond acceptors (Lipinski definition) is 3. The van der Waals surface area contributed by atoms with Gasteiger partial charge in [-0.1, -0.05) is 32.0 Å². The molecule has 0 unspecified atom stereocenters. The van der Waals surface area contributed by atoms with Crippen molar-refractivity contribution in [3.05, 3.63) is 59.7 Å². The van der Waals surface area contributed by atoms with Crippen LogP contribution in [0.25, 0.3) is 10.9 Å². The van der Waals surface area contributed by atoms with E-state index in [-0.39, 0.29) is 35.2 Å². The molecule has 3 aromatic rings. The van der Waals surface area contributed by atoms with Crippen molar-refractivity contribution in [3.63, 3.8) is 0 Å². The maximum Gasteiger partial charge on any atom is 0.240 e. The summed E-state index contributed by atoms with van der Waals surface area (Å²) in [6, 6.07) is 12.2. The van der Waals surface area contributed by atoms with Gasteiger partial charge in [0, 0.05) is 28.6 Å². The number of rotatable bonds is 8. The first-order valence-corrected chi connectivity index (χ1v) is 14.9. The van der Waals surface area contributed by atoms with Crippen molar-refractivity contribution in [2.45, 2.75) is 83.7 Å². The molecule has 5 aliphatic rings. The molecule has 206 valence electrons. The zero-order valence-corrected chi connectivity index (χ0v) is 23.5. The third-order valence-electron chi connectivity index (χ3n) is 10.8. The average Bonchev–Trinajstić information content (AvgIpc) is 3.24. The highest BCUT2D eigenvalue weighted by Crippen LogP contribution is 2.67. The highest BCUT2D eigenvalue weighted by Gasteiger charge is 2.60. The molecule has 8 rings (SSSR count). The number of aromatic amines is 1. The molecule has 5 fully saturated rings. The molecule has 2 amide bonds. The number of benzene rings is 1. The molecule has 0 spiro atoms. The average molecular weight is 528 g/mol. The Bertz CT molecular complexity index is 1370. The first-order valence-electron chi connectivity index (χ1n) is 14.9. The predicted molar refractivity (Wildman–Crippen MR) is 151 cm³/mol. The Hall–Kier alpha value is -3.02. The van der Waals surface area contributed by atoms with E-state index in [0.29, 0.717) is 24.6 Å². The fraction of sp³-hybridized carbons (Fsp3) is 0.576. The second-order valence-corrected chi connectivity index (χ2v) is 13.9. The van der Waals surface area contributed by atoms with Crippen LogP contribution in [0.2, 0.25) is 0 Å². The van der Waals surface area contributed by atoms with Gasteiger partial charge in [0.05, 0.1) is 12.8 Å². The Morgan fingerprint density at radius 2 is 1.72 bits per heavy atom. The number of amides is 2. The SMILES string of the molecule is Cc1[nH]c2ccccc2c1[C@H]1[C@@H](CC(=O)N(CC(=O)NC23CC4CC(CC(C4)C2)C3)Cc2ccco2)C1(C)C. The largest absolute Gasteiger partial charge is 0.467 e. The summed E-state index contributed by atoms with van der Waals surface area (Å²) in [6.45, 7) is 7.09. The highest BCUT2D eigenvalue weighted by molar-refractivity contribution is 5.88. The first kappa shape index (κ1) is 25.0. The minimum absolute atomic E-state index is 0.0171. The number of fused-ring (bicyclic) bond motifs is 1. The van der Waals surface area contributed by atoms with E-state index in [1.807, 2.05) is 12.1 Å². The van der Waals surface area contributed by atoms with Crippen LogP contribution in [0.4, 0.5) is 0 Å². The van der Waals surface area contributed by atoms with Crippen LogP contribution in [0.5, 0.6) is 0 Å². The minimum atomic E-state index is -0.0539. The second kappa shape index (κ2) is 9.00. The van der Waals surface area contributed by atoms with Crippen molar-refractivity contribution in [1.82, 2.24) is 15.2 Å². The summed E-state index contributed by atoms with van der Waals surface area (Å²) in [4.78, 5) is 32.6. The number of nitrogens with zero attached hydrogens (tertiary/aromatic N) is 1. The lowest BCUT2D eigenvalue weighted by Crippen LogP contribution is -2.61. The maximum absolute atomic E-state index is 13.9. The summed E-state index contributed by atoms with van der Waals surface area (Å²) in [5, 5.41) is 4.72. The van der Waals surface area contributed by atoms with Gasteiger partial charge in [-0.25, -0.2) is 0 Å². The van der Waals surface area contributed by atoms with Gasteiger partial charge in [0.25, 0.3) is 0 Å². The predicted octanol–water partition coefficient (Wildman–Crippen LogP) is 6.31. The van der Waals surface area contributed by atoms with E-state index in [1.165, 1.54) is 35.9 Å². The molecular weight excluding hydrogens is 486 g/mol. The molecule has 39 heavy (non-hydrogen) atoms. The fourth-order valence-corrected chi connectivity index (χ4v) is 9.31. The van der Waals surface area contributed by atoms with Crippen LogP contribution in [0.15, 0.2) is 47.1 Å². The van der Waals surface area contributed by atoms with Crippen LogP contribution < -0.4 is 5.32 Å². The highest BCUT2D eigenvalue weighted by atomic mass is 16.3. The Balaban J connectivity index is 1.08. The van der Waals surface area contributed by atoms with Crippen molar-refractivity contribution in [3.8, 4) is 0 Å². The number of furan rings is 1. The lowest BCUT2D eigenvalue weighted by Gasteiger charge is -2.57. The lowest BCUT2D eigenvalue weighted by atomic mass is 9.53. The number of aryl methyl sites for hydroxylation is 1. The van der Waals surface area contributed by atoms with E-state index >= 15 is 0 Å². The van der Waals surface area contributed by atoms with Gasteiger partial charge in [-0.3, -0.25) is 9.59 Å². The van der Waals surface area contributed by atoms with Crippen LogP contribution in [-0.4, -0.2) is 33.8 Å². The Morgan fingerprint density at radius 1 is 1.03 bits per heavy atom. The van der Waals surface area contributed by atoms with E-state index in [4.69, 9.17) is 4.42 Å². The van der Waals surface area contributed by atoms with Gasteiger partial charge in [0.2, 0.25) is 11.8 Å². The third-order valence-corrected chi connectivity index (χ3v) is 10.8. The third kappa shape index (κ3) is 4.40. The standard InChI is InChI=1S/C33H41N3O3/c1-20-30(25-8-4-5-9-27(25)34-20)31-26(32(31,2)3)14-29(38)36(18-24-7-6-10-39-24)19-28(37)35-33-15-21-11-22(16-33)13-23(12-21)17-33/h4-10,21-23,26,31,34H,11-19H2,1-3H3,(H,35,37)/t21?,22?,23?,26-,31-,33?/m1/s1. The zero-order chi connectivity index (χ0) is 26.9. The Morgan fingerprint density at radius 3 is 2.38 bits per heavy atom. The summed E-state index contributed by atoms with van der Waals surface area (Å²) in [7, 11) is 0. The zero-order valence-electron chi connectivity index (χ0n) is 23.5. The molecule has 2 atom stereocenters. The maximum atomic E-state index is 13.9. The molecular formula is C33H41N3O3. The second-order valence-electron chi connectivity index (χ2n) is 13.9. The molecule has 1 aromatic carbocycles. The first-order chi connectivity index (χ1) is 18.7. The molecule has 5 aliphatic carbocycles. The summed E-state index contributed by atoms with van der Waals surface area (Å²) >= 11 is 0. The molecule has 6 nitrogen and oxygen atoms in total.